The Morgan fingerprint density at radius 3 is 2.73 bits per heavy atom. The highest BCUT2D eigenvalue weighted by Gasteiger charge is 2.25. The van der Waals surface area contributed by atoms with E-state index >= 15 is 0 Å². The number of hydrogen-bond acceptors (Lipinski definition) is 2. The zero-order valence-corrected chi connectivity index (χ0v) is 9.80. The Bertz CT molecular complexity index is 223. The molecule has 2 atom stereocenters. The van der Waals surface area contributed by atoms with Gasteiger partial charge in [-0.25, -0.2) is 0 Å². The van der Waals surface area contributed by atoms with Crippen LogP contribution in [0.15, 0.2) is 0 Å². The molecule has 2 saturated carbocycles. The first-order valence-electron chi connectivity index (χ1n) is 6.49. The zero-order valence-electron chi connectivity index (χ0n) is 9.80. The molecule has 15 heavy (non-hydrogen) atoms. The monoisotopic (exact) mass is 209 g/mol. The van der Waals surface area contributed by atoms with Crippen molar-refractivity contribution in [3.05, 3.63) is 0 Å². The summed E-state index contributed by atoms with van der Waals surface area (Å²) in [7, 11) is 0. The average Bonchev–Trinajstić information content (AvgIpc) is 3.01. The molecule has 2 rings (SSSR count). The molecule has 0 aromatic heterocycles. The first-order valence-corrected chi connectivity index (χ1v) is 6.49. The third kappa shape index (κ3) is 3.60. The fourth-order valence-electron chi connectivity index (χ4n) is 2.59. The van der Waals surface area contributed by atoms with E-state index in [2.05, 4.69) is 12.2 Å². The van der Waals surface area contributed by atoms with Crippen molar-refractivity contribution in [2.45, 2.75) is 45.4 Å². The second kappa shape index (κ2) is 5.11. The number of rotatable bonds is 5. The summed E-state index contributed by atoms with van der Waals surface area (Å²) in [6.07, 6.45) is 7.56. The zero-order chi connectivity index (χ0) is 10.7. The molecule has 86 valence electrons. The van der Waals surface area contributed by atoms with Crippen molar-refractivity contribution in [1.29, 1.82) is 0 Å². The standard InChI is InChI=1S/C13H23NO/c1-10-3-2-4-12(7-10)13(15)9-14-8-11-5-6-11/h10-12,14H,2-9H2,1H3. The fraction of sp³-hybridized carbons (Fsp3) is 0.923. The Hall–Kier alpha value is -0.370. The van der Waals surface area contributed by atoms with Crippen molar-refractivity contribution in [1.82, 2.24) is 5.32 Å². The molecule has 2 fully saturated rings. The molecule has 0 bridgehead atoms. The predicted octanol–water partition coefficient (Wildman–Crippen LogP) is 2.38. The van der Waals surface area contributed by atoms with E-state index in [1.54, 1.807) is 0 Å². The Balaban J connectivity index is 1.64. The highest BCUT2D eigenvalue weighted by atomic mass is 16.1. The third-order valence-corrected chi connectivity index (χ3v) is 3.82. The van der Waals surface area contributed by atoms with Crippen molar-refractivity contribution < 1.29 is 4.79 Å². The Kier molecular flexibility index (Phi) is 3.79. The Morgan fingerprint density at radius 1 is 1.27 bits per heavy atom. The molecular formula is C13H23NO. The summed E-state index contributed by atoms with van der Waals surface area (Å²) < 4.78 is 0. The van der Waals surface area contributed by atoms with E-state index in [1.165, 1.54) is 25.7 Å². The van der Waals surface area contributed by atoms with Gasteiger partial charge in [-0.1, -0.05) is 19.8 Å². The molecule has 0 aromatic carbocycles. The molecule has 0 radical (unpaired) electrons. The van der Waals surface area contributed by atoms with Gasteiger partial charge in [-0.05, 0) is 44.1 Å². The molecular weight excluding hydrogens is 186 g/mol. The first kappa shape index (κ1) is 11.1. The summed E-state index contributed by atoms with van der Waals surface area (Å²) in [4.78, 5) is 11.9. The van der Waals surface area contributed by atoms with Gasteiger partial charge in [0.1, 0.15) is 5.78 Å². The molecule has 0 aliphatic heterocycles. The van der Waals surface area contributed by atoms with E-state index in [1.807, 2.05) is 0 Å². The van der Waals surface area contributed by atoms with E-state index in [4.69, 9.17) is 0 Å². The minimum absolute atomic E-state index is 0.362. The second-order valence-corrected chi connectivity index (χ2v) is 5.51. The summed E-state index contributed by atoms with van der Waals surface area (Å²) in [5.74, 6) is 2.46. The minimum atomic E-state index is 0.362. The van der Waals surface area contributed by atoms with Crippen LogP contribution < -0.4 is 5.32 Å². The summed E-state index contributed by atoms with van der Waals surface area (Å²) in [6, 6.07) is 0. The maximum absolute atomic E-state index is 11.9. The van der Waals surface area contributed by atoms with Gasteiger partial charge in [-0.3, -0.25) is 4.79 Å². The van der Waals surface area contributed by atoms with Crippen LogP contribution in [-0.4, -0.2) is 18.9 Å². The molecule has 0 aromatic rings. The van der Waals surface area contributed by atoms with Crippen LogP contribution in [0.25, 0.3) is 0 Å². The summed E-state index contributed by atoms with van der Waals surface area (Å²) in [5, 5.41) is 3.31. The minimum Gasteiger partial charge on any atom is -0.310 e. The van der Waals surface area contributed by atoms with E-state index in [9.17, 15) is 4.79 Å². The van der Waals surface area contributed by atoms with Gasteiger partial charge in [0.15, 0.2) is 0 Å². The maximum atomic E-state index is 11.9. The van der Waals surface area contributed by atoms with E-state index in [-0.39, 0.29) is 0 Å². The number of carbonyl (C=O) groups is 1. The average molecular weight is 209 g/mol. The van der Waals surface area contributed by atoms with Gasteiger partial charge in [0.05, 0.1) is 6.54 Å². The number of Topliss-reactive ketones (excluding diaryl/α,β-unsaturated/α-hetero) is 1. The smallest absolute Gasteiger partial charge is 0.149 e. The summed E-state index contributed by atoms with van der Waals surface area (Å²) in [6.45, 7) is 3.96. The molecule has 2 heteroatoms. The SMILES string of the molecule is CC1CCCC(C(=O)CNCC2CC2)C1. The highest BCUT2D eigenvalue weighted by Crippen LogP contribution is 2.29. The first-order chi connectivity index (χ1) is 7.25. The molecule has 0 spiro atoms. The van der Waals surface area contributed by atoms with Crippen LogP contribution in [0.2, 0.25) is 0 Å². The summed E-state index contributed by atoms with van der Waals surface area (Å²) >= 11 is 0. The summed E-state index contributed by atoms with van der Waals surface area (Å²) in [5.41, 5.74) is 0. The van der Waals surface area contributed by atoms with E-state index in [0.717, 1.165) is 31.2 Å². The number of hydrogen-bond donors (Lipinski definition) is 1. The molecule has 2 aliphatic carbocycles. The lowest BCUT2D eigenvalue weighted by Crippen LogP contribution is -2.32. The van der Waals surface area contributed by atoms with Gasteiger partial charge in [-0.2, -0.15) is 0 Å². The molecule has 0 saturated heterocycles. The highest BCUT2D eigenvalue weighted by molar-refractivity contribution is 5.83. The molecule has 2 nitrogen and oxygen atoms in total. The van der Waals surface area contributed by atoms with Crippen LogP contribution in [0.4, 0.5) is 0 Å². The van der Waals surface area contributed by atoms with Crippen LogP contribution in [0.1, 0.15) is 45.4 Å². The second-order valence-electron chi connectivity index (χ2n) is 5.51. The quantitative estimate of drug-likeness (QED) is 0.753. The van der Waals surface area contributed by atoms with E-state index < -0.39 is 0 Å². The number of carbonyl (C=O) groups excluding carboxylic acids is 1. The number of ketones is 1. The molecule has 0 heterocycles. The Labute approximate surface area is 92.8 Å². The van der Waals surface area contributed by atoms with Gasteiger partial charge in [0.25, 0.3) is 0 Å². The van der Waals surface area contributed by atoms with Crippen molar-refractivity contribution in [2.75, 3.05) is 13.1 Å². The van der Waals surface area contributed by atoms with Crippen LogP contribution >= 0.6 is 0 Å². The predicted molar refractivity (Wildman–Crippen MR) is 61.7 cm³/mol. The van der Waals surface area contributed by atoms with Crippen LogP contribution in [-0.2, 0) is 4.79 Å². The topological polar surface area (TPSA) is 29.1 Å². The van der Waals surface area contributed by atoms with Gasteiger partial charge >= 0.3 is 0 Å². The lowest BCUT2D eigenvalue weighted by atomic mass is 9.80. The molecule has 1 N–H and O–H groups in total. The molecule has 2 unspecified atom stereocenters. The van der Waals surface area contributed by atoms with Gasteiger partial charge < -0.3 is 5.32 Å². The normalized spacial score (nSPS) is 31.5. The van der Waals surface area contributed by atoms with Crippen molar-refractivity contribution in [3.8, 4) is 0 Å². The van der Waals surface area contributed by atoms with E-state index in [0.29, 0.717) is 18.2 Å². The maximum Gasteiger partial charge on any atom is 0.149 e. The van der Waals surface area contributed by atoms with Crippen LogP contribution in [0.5, 0.6) is 0 Å². The van der Waals surface area contributed by atoms with Gasteiger partial charge in [0, 0.05) is 5.92 Å². The van der Waals surface area contributed by atoms with Crippen LogP contribution in [0, 0.1) is 17.8 Å². The largest absolute Gasteiger partial charge is 0.310 e. The van der Waals surface area contributed by atoms with Gasteiger partial charge in [0.2, 0.25) is 0 Å². The lowest BCUT2D eigenvalue weighted by Gasteiger charge is -2.25. The van der Waals surface area contributed by atoms with Crippen molar-refractivity contribution in [2.24, 2.45) is 17.8 Å². The van der Waals surface area contributed by atoms with Crippen LogP contribution in [0.3, 0.4) is 0 Å². The van der Waals surface area contributed by atoms with Crippen molar-refractivity contribution in [3.63, 3.8) is 0 Å². The Morgan fingerprint density at radius 2 is 2.07 bits per heavy atom. The van der Waals surface area contributed by atoms with Gasteiger partial charge in [-0.15, -0.1) is 0 Å². The fourth-order valence-corrected chi connectivity index (χ4v) is 2.59. The van der Waals surface area contributed by atoms with Crippen molar-refractivity contribution >= 4 is 5.78 Å². The lowest BCUT2D eigenvalue weighted by molar-refractivity contribution is -0.123. The number of nitrogens with one attached hydrogen (secondary N) is 1. The third-order valence-electron chi connectivity index (χ3n) is 3.82. The molecule has 0 amide bonds. The molecule has 2 aliphatic rings.